The molecule has 1 atom stereocenters. The summed E-state index contributed by atoms with van der Waals surface area (Å²) >= 11 is 6.20. The maximum atomic E-state index is 6.20. The second kappa shape index (κ2) is 4.30. The second-order valence-corrected chi connectivity index (χ2v) is 4.09. The fourth-order valence-corrected chi connectivity index (χ4v) is 2.30. The summed E-state index contributed by atoms with van der Waals surface area (Å²) < 4.78 is 0. The number of halogens is 1. The zero-order chi connectivity index (χ0) is 9.97. The Labute approximate surface area is 89.7 Å². The van der Waals surface area contributed by atoms with Crippen LogP contribution in [-0.2, 0) is 0 Å². The smallest absolute Gasteiger partial charge is 0.0464 e. The molecule has 2 rings (SSSR count). The molecular formula is C11H15ClN2. The molecule has 14 heavy (non-hydrogen) atoms. The van der Waals surface area contributed by atoms with Gasteiger partial charge >= 0.3 is 0 Å². The van der Waals surface area contributed by atoms with Crippen molar-refractivity contribution in [2.24, 2.45) is 0 Å². The lowest BCUT2D eigenvalue weighted by Gasteiger charge is -2.26. The van der Waals surface area contributed by atoms with Gasteiger partial charge in [0.15, 0.2) is 0 Å². The number of hydrogen-bond acceptors (Lipinski definition) is 2. The molecule has 1 heterocycles. The molecule has 1 aromatic rings. The maximum absolute atomic E-state index is 6.20. The fraction of sp³-hybridized carbons (Fsp3) is 0.455. The highest BCUT2D eigenvalue weighted by atomic mass is 35.5. The van der Waals surface area contributed by atoms with Gasteiger partial charge in [0.1, 0.15) is 0 Å². The van der Waals surface area contributed by atoms with Crippen LogP contribution in [0.15, 0.2) is 18.2 Å². The van der Waals surface area contributed by atoms with Crippen molar-refractivity contribution < 1.29 is 0 Å². The van der Waals surface area contributed by atoms with Crippen molar-refractivity contribution in [3.05, 3.63) is 34.3 Å². The summed E-state index contributed by atoms with van der Waals surface area (Å²) in [5, 5.41) is 7.70. The van der Waals surface area contributed by atoms with Crippen LogP contribution in [-0.4, -0.2) is 19.6 Å². The van der Waals surface area contributed by atoms with Crippen molar-refractivity contribution in [1.82, 2.24) is 10.6 Å². The van der Waals surface area contributed by atoms with Crippen LogP contribution in [0.4, 0.5) is 0 Å². The Bertz CT molecular complexity index is 299. The Morgan fingerprint density at radius 1 is 1.36 bits per heavy atom. The Balaban J connectivity index is 2.29. The molecule has 0 bridgehead atoms. The molecule has 1 fully saturated rings. The number of hydrogen-bond donors (Lipinski definition) is 2. The molecule has 0 radical (unpaired) electrons. The average Bonchev–Trinajstić information content (AvgIpc) is 2.19. The van der Waals surface area contributed by atoms with Crippen molar-refractivity contribution in [2.45, 2.75) is 13.0 Å². The predicted molar refractivity (Wildman–Crippen MR) is 59.8 cm³/mol. The third kappa shape index (κ3) is 1.92. The van der Waals surface area contributed by atoms with Crippen LogP contribution in [0.3, 0.4) is 0 Å². The van der Waals surface area contributed by atoms with Crippen molar-refractivity contribution in [2.75, 3.05) is 19.6 Å². The molecular weight excluding hydrogens is 196 g/mol. The van der Waals surface area contributed by atoms with E-state index in [9.17, 15) is 0 Å². The van der Waals surface area contributed by atoms with Gasteiger partial charge in [-0.05, 0) is 24.1 Å². The van der Waals surface area contributed by atoms with Crippen LogP contribution >= 0.6 is 11.6 Å². The molecule has 2 nitrogen and oxygen atoms in total. The zero-order valence-corrected chi connectivity index (χ0v) is 9.06. The zero-order valence-electron chi connectivity index (χ0n) is 8.31. The lowest BCUT2D eigenvalue weighted by atomic mass is 10.00. The van der Waals surface area contributed by atoms with Gasteiger partial charge in [-0.15, -0.1) is 0 Å². The van der Waals surface area contributed by atoms with E-state index in [0.29, 0.717) is 6.04 Å². The number of rotatable bonds is 1. The molecule has 1 aromatic carbocycles. The van der Waals surface area contributed by atoms with E-state index in [1.807, 2.05) is 12.1 Å². The van der Waals surface area contributed by atoms with Crippen molar-refractivity contribution in [3.63, 3.8) is 0 Å². The highest BCUT2D eigenvalue weighted by Crippen LogP contribution is 2.26. The van der Waals surface area contributed by atoms with Crippen LogP contribution in [0.1, 0.15) is 17.2 Å². The molecule has 1 saturated heterocycles. The minimum absolute atomic E-state index is 0.359. The SMILES string of the molecule is Cc1cccc(Cl)c1C1CNCCN1. The summed E-state index contributed by atoms with van der Waals surface area (Å²) in [5.41, 5.74) is 2.50. The normalized spacial score (nSPS) is 22.3. The van der Waals surface area contributed by atoms with E-state index in [4.69, 9.17) is 11.6 Å². The van der Waals surface area contributed by atoms with E-state index in [1.54, 1.807) is 0 Å². The molecule has 0 saturated carbocycles. The lowest BCUT2D eigenvalue weighted by Crippen LogP contribution is -2.43. The van der Waals surface area contributed by atoms with Crippen molar-refractivity contribution >= 4 is 11.6 Å². The first-order chi connectivity index (χ1) is 6.79. The van der Waals surface area contributed by atoms with Gasteiger partial charge in [0.2, 0.25) is 0 Å². The molecule has 0 aromatic heterocycles. The minimum Gasteiger partial charge on any atom is -0.314 e. The monoisotopic (exact) mass is 210 g/mol. The van der Waals surface area contributed by atoms with E-state index in [2.05, 4.69) is 23.6 Å². The van der Waals surface area contributed by atoms with Gasteiger partial charge in [0.05, 0.1) is 0 Å². The highest BCUT2D eigenvalue weighted by molar-refractivity contribution is 6.31. The quantitative estimate of drug-likeness (QED) is 0.740. The summed E-state index contributed by atoms with van der Waals surface area (Å²) in [5.74, 6) is 0. The van der Waals surface area contributed by atoms with Crippen LogP contribution in [0.25, 0.3) is 0 Å². The van der Waals surface area contributed by atoms with Gasteiger partial charge < -0.3 is 10.6 Å². The number of benzene rings is 1. The third-order valence-corrected chi connectivity index (χ3v) is 2.99. The van der Waals surface area contributed by atoms with E-state index in [-0.39, 0.29) is 0 Å². The number of piperazine rings is 1. The molecule has 1 unspecified atom stereocenters. The Kier molecular flexibility index (Phi) is 3.06. The van der Waals surface area contributed by atoms with Gasteiger partial charge in [-0.1, -0.05) is 23.7 Å². The van der Waals surface area contributed by atoms with Gasteiger partial charge in [-0.2, -0.15) is 0 Å². The predicted octanol–water partition coefficient (Wildman–Crippen LogP) is 1.88. The van der Waals surface area contributed by atoms with Gasteiger partial charge in [-0.3, -0.25) is 0 Å². The van der Waals surface area contributed by atoms with Crippen LogP contribution in [0.2, 0.25) is 5.02 Å². The van der Waals surface area contributed by atoms with E-state index in [1.165, 1.54) is 11.1 Å². The molecule has 2 N–H and O–H groups in total. The number of nitrogens with one attached hydrogen (secondary N) is 2. The molecule has 1 aliphatic heterocycles. The summed E-state index contributed by atoms with van der Waals surface area (Å²) in [4.78, 5) is 0. The summed E-state index contributed by atoms with van der Waals surface area (Å²) in [6.07, 6.45) is 0. The Morgan fingerprint density at radius 2 is 2.21 bits per heavy atom. The molecule has 0 spiro atoms. The van der Waals surface area contributed by atoms with E-state index < -0.39 is 0 Å². The van der Waals surface area contributed by atoms with Crippen LogP contribution in [0.5, 0.6) is 0 Å². The van der Waals surface area contributed by atoms with Crippen molar-refractivity contribution in [3.8, 4) is 0 Å². The first-order valence-corrected chi connectivity index (χ1v) is 5.36. The van der Waals surface area contributed by atoms with Crippen LogP contribution < -0.4 is 10.6 Å². The summed E-state index contributed by atoms with van der Waals surface area (Å²) in [6, 6.07) is 6.42. The van der Waals surface area contributed by atoms with Gasteiger partial charge in [0, 0.05) is 30.7 Å². The average molecular weight is 211 g/mol. The first-order valence-electron chi connectivity index (χ1n) is 4.98. The minimum atomic E-state index is 0.359. The number of aryl methyl sites for hydroxylation is 1. The standard InChI is InChI=1S/C11H15ClN2/c1-8-3-2-4-9(12)11(8)10-7-13-5-6-14-10/h2-4,10,13-14H,5-7H2,1H3. The summed E-state index contributed by atoms with van der Waals surface area (Å²) in [6.45, 7) is 5.12. The molecule has 3 heteroatoms. The van der Waals surface area contributed by atoms with Gasteiger partial charge in [0.25, 0.3) is 0 Å². The first kappa shape index (κ1) is 9.97. The van der Waals surface area contributed by atoms with Crippen LogP contribution in [0, 0.1) is 6.92 Å². The fourth-order valence-electron chi connectivity index (χ4n) is 1.94. The molecule has 0 amide bonds. The maximum Gasteiger partial charge on any atom is 0.0464 e. The van der Waals surface area contributed by atoms with Crippen molar-refractivity contribution in [1.29, 1.82) is 0 Å². The highest BCUT2D eigenvalue weighted by Gasteiger charge is 2.18. The second-order valence-electron chi connectivity index (χ2n) is 3.68. The lowest BCUT2D eigenvalue weighted by molar-refractivity contribution is 0.429. The van der Waals surface area contributed by atoms with E-state index in [0.717, 1.165) is 24.7 Å². The Hall–Kier alpha value is -0.570. The Morgan fingerprint density at radius 3 is 2.86 bits per heavy atom. The van der Waals surface area contributed by atoms with Gasteiger partial charge in [-0.25, -0.2) is 0 Å². The molecule has 1 aliphatic rings. The third-order valence-electron chi connectivity index (χ3n) is 2.66. The topological polar surface area (TPSA) is 24.1 Å². The largest absolute Gasteiger partial charge is 0.314 e. The summed E-state index contributed by atoms with van der Waals surface area (Å²) in [7, 11) is 0. The molecule has 76 valence electrons. The van der Waals surface area contributed by atoms with E-state index >= 15 is 0 Å². The molecule has 0 aliphatic carbocycles.